The summed E-state index contributed by atoms with van der Waals surface area (Å²) in [6, 6.07) is 0. The molecule has 2 aliphatic heterocycles. The molecule has 0 amide bonds. The Morgan fingerprint density at radius 1 is 1.15 bits per heavy atom. The van der Waals surface area contributed by atoms with Crippen molar-refractivity contribution in [3.8, 4) is 0 Å². The first-order valence-electron chi connectivity index (χ1n) is 8.15. The fourth-order valence-corrected chi connectivity index (χ4v) is 11.0. The van der Waals surface area contributed by atoms with Crippen LogP contribution in [0.25, 0.3) is 0 Å². The third kappa shape index (κ3) is 3.79. The van der Waals surface area contributed by atoms with Gasteiger partial charge in [0, 0.05) is 0 Å². The molecular weight excluding hydrogens is 612 g/mol. The van der Waals surface area contributed by atoms with Gasteiger partial charge in [0.05, 0.1) is 0 Å². The summed E-state index contributed by atoms with van der Waals surface area (Å²) < 4.78 is 87.6. The molecule has 0 aromatic heterocycles. The summed E-state index contributed by atoms with van der Waals surface area (Å²) in [6.07, 6.45) is -13.2. The summed E-state index contributed by atoms with van der Waals surface area (Å²) in [5, 5.41) is 9.31. The van der Waals surface area contributed by atoms with Gasteiger partial charge in [0.1, 0.15) is 0 Å². The van der Waals surface area contributed by atoms with Crippen LogP contribution < -0.4 is 7.06 Å². The van der Waals surface area contributed by atoms with Crippen LogP contribution in [0.1, 0.15) is 39.0 Å². The molecule has 158 valence electrons. The van der Waals surface area contributed by atoms with Crippen molar-refractivity contribution in [3.63, 3.8) is 0 Å². The molecule has 0 aromatic carbocycles. The van der Waals surface area contributed by atoms with E-state index in [9.17, 15) is 36.2 Å². The van der Waals surface area contributed by atoms with Crippen molar-refractivity contribution in [2.24, 2.45) is 5.92 Å². The molecule has 27 heavy (non-hydrogen) atoms. The number of carbonyl (C=O) groups is 1. The number of nitrogens with one attached hydrogen (secondary N) is 2. The van der Waals surface area contributed by atoms with Crippen LogP contribution in [0.4, 0.5) is 26.3 Å². The third-order valence-electron chi connectivity index (χ3n) is 5.28. The van der Waals surface area contributed by atoms with Crippen LogP contribution in [0, 0.1) is 5.92 Å². The number of hydrogen-bond acceptors (Lipinski definition) is 5. The molecule has 0 aromatic rings. The van der Waals surface area contributed by atoms with Gasteiger partial charge >= 0.3 is 173 Å². The number of hydrogen-bond donors (Lipinski definition) is 3. The van der Waals surface area contributed by atoms with Crippen molar-refractivity contribution in [2.75, 3.05) is 0 Å². The van der Waals surface area contributed by atoms with E-state index in [1.165, 1.54) is 0 Å². The van der Waals surface area contributed by atoms with Gasteiger partial charge in [0.25, 0.3) is 0 Å². The van der Waals surface area contributed by atoms with Gasteiger partial charge in [-0.1, -0.05) is 0 Å². The van der Waals surface area contributed by atoms with E-state index >= 15 is 0 Å². The molecule has 0 radical (unpaired) electrons. The molecule has 1 aliphatic carbocycles. The molecule has 2 heterocycles. The summed E-state index contributed by atoms with van der Waals surface area (Å²) >= 11 is 0.628. The SMILES string of the molecule is CC(I)(C(=O)OC1CCC(CC(O)(C(F)(F)F)C(F)(F)F)CC1)C12NI1N2. The monoisotopic (exact) mass is 630 g/mol. The van der Waals surface area contributed by atoms with Crippen molar-refractivity contribution in [1.82, 2.24) is 7.06 Å². The second kappa shape index (κ2) is 6.70. The van der Waals surface area contributed by atoms with Crippen molar-refractivity contribution < 1.29 is 41.0 Å². The number of aliphatic hydroxyl groups is 1. The molecule has 5 nitrogen and oxygen atoms in total. The Labute approximate surface area is 172 Å². The van der Waals surface area contributed by atoms with E-state index in [1.807, 2.05) is 22.6 Å². The van der Waals surface area contributed by atoms with Gasteiger partial charge in [-0.15, -0.1) is 0 Å². The van der Waals surface area contributed by atoms with Crippen LogP contribution >= 0.6 is 43.0 Å². The Kier molecular flexibility index (Phi) is 5.48. The average Bonchev–Trinajstić information content (AvgIpc) is 3.36. The topological polar surface area (TPSA) is 90.4 Å². The second-order valence-electron chi connectivity index (χ2n) is 7.24. The number of alkyl halides is 8. The molecule has 3 rings (SSSR count). The van der Waals surface area contributed by atoms with E-state index in [-0.39, 0.29) is 29.4 Å². The number of ether oxygens (including phenoxy) is 1. The number of fused-ring (bicyclic) bond motifs is 1. The Morgan fingerprint density at radius 3 is 1.96 bits per heavy atom. The van der Waals surface area contributed by atoms with Gasteiger partial charge in [0.2, 0.25) is 0 Å². The minimum absolute atomic E-state index is 0.0184. The molecule has 3 fully saturated rings. The Bertz CT molecular complexity index is 599. The van der Waals surface area contributed by atoms with Gasteiger partial charge in [0.15, 0.2) is 0 Å². The normalized spacial score (nSPS) is 30.9. The number of carbonyl (C=O) groups excluding carboxylic acids is 1. The van der Waals surface area contributed by atoms with Crippen LogP contribution in [-0.4, -0.2) is 42.2 Å². The molecule has 3 N–H and O–H groups in total. The fraction of sp³-hybridized carbons (Fsp3) is 0.929. The van der Waals surface area contributed by atoms with E-state index in [0.717, 1.165) is 0 Å². The van der Waals surface area contributed by atoms with E-state index < -0.39 is 66.2 Å². The zero-order valence-corrected chi connectivity index (χ0v) is 18.3. The van der Waals surface area contributed by atoms with Crippen LogP contribution in [0.2, 0.25) is 0 Å². The molecule has 0 spiro atoms. The average molecular weight is 630 g/mol. The molecule has 0 bridgehead atoms. The van der Waals surface area contributed by atoms with E-state index in [4.69, 9.17) is 4.74 Å². The molecule has 1 atom stereocenters. The van der Waals surface area contributed by atoms with E-state index in [1.54, 1.807) is 6.92 Å². The number of halogens is 8. The zero-order valence-electron chi connectivity index (χ0n) is 14.0. The Hall–Kier alpha value is 0.390. The molecule has 2 saturated heterocycles. The maximum atomic E-state index is 12.8. The number of rotatable bonds is 5. The first-order valence-corrected chi connectivity index (χ1v) is 12.5. The fourth-order valence-electron chi connectivity index (χ4n) is 3.25. The van der Waals surface area contributed by atoms with Crippen molar-refractivity contribution >= 4 is 48.9 Å². The van der Waals surface area contributed by atoms with Gasteiger partial charge in [-0.3, -0.25) is 0 Å². The van der Waals surface area contributed by atoms with Gasteiger partial charge in [-0.25, -0.2) is 0 Å². The van der Waals surface area contributed by atoms with Crippen LogP contribution in [0.3, 0.4) is 0 Å². The predicted molar refractivity (Wildman–Crippen MR) is 99.0 cm³/mol. The van der Waals surface area contributed by atoms with Crippen LogP contribution in [-0.2, 0) is 9.53 Å². The predicted octanol–water partition coefficient (Wildman–Crippen LogP) is 3.72. The second-order valence-corrected chi connectivity index (χ2v) is 13.7. The summed E-state index contributed by atoms with van der Waals surface area (Å²) in [5.74, 6) is -1.39. The first-order chi connectivity index (χ1) is 12.1. The molecule has 1 unspecified atom stereocenters. The summed E-state index contributed by atoms with van der Waals surface area (Å²) in [6.45, 7) is 1.73. The van der Waals surface area contributed by atoms with Crippen LogP contribution in [0.15, 0.2) is 0 Å². The Balaban J connectivity index is 1.53. The van der Waals surface area contributed by atoms with Gasteiger partial charge in [-0.2, -0.15) is 0 Å². The van der Waals surface area contributed by atoms with Crippen molar-refractivity contribution in [3.05, 3.63) is 0 Å². The van der Waals surface area contributed by atoms with E-state index in [2.05, 4.69) is 7.06 Å². The van der Waals surface area contributed by atoms with Crippen molar-refractivity contribution in [2.45, 2.75) is 70.2 Å². The standard InChI is InChI=1S/C14H18F6I2N2O3/c1-10(21,14-22(23-14)24-14)9(25)27-8-4-2-7(3-5-8)6-11(26,12(15,16)17)13(18,19)20/h7-8,23-24,26H,2-6H2,1H3. The Morgan fingerprint density at radius 2 is 1.59 bits per heavy atom. The van der Waals surface area contributed by atoms with Gasteiger partial charge in [-0.05, 0) is 0 Å². The van der Waals surface area contributed by atoms with Crippen molar-refractivity contribution in [1.29, 1.82) is 0 Å². The molecule has 1 saturated carbocycles. The minimum atomic E-state index is -5.80. The van der Waals surface area contributed by atoms with Gasteiger partial charge < -0.3 is 0 Å². The maximum absolute atomic E-state index is 12.8. The summed E-state index contributed by atoms with van der Waals surface area (Å²) in [7, 11) is 0. The first kappa shape index (κ1) is 22.1. The summed E-state index contributed by atoms with van der Waals surface area (Å²) in [4.78, 5) is 12.4. The quantitative estimate of drug-likeness (QED) is 0.0821. The molecular formula is C14H18F6I2N2O3. The molecule has 13 heteroatoms. The third-order valence-corrected chi connectivity index (χ3v) is 12.4. The van der Waals surface area contributed by atoms with E-state index in [0.29, 0.717) is 0 Å². The molecule has 3 aliphatic rings. The number of esters is 1. The van der Waals surface area contributed by atoms with Crippen LogP contribution in [0.5, 0.6) is 0 Å². The zero-order chi connectivity index (χ0) is 20.5. The summed E-state index contributed by atoms with van der Waals surface area (Å²) in [5.41, 5.74) is -4.72.